The lowest BCUT2D eigenvalue weighted by atomic mass is 10.2. The van der Waals surface area contributed by atoms with Gasteiger partial charge in [0.2, 0.25) is 10.0 Å². The standard InChI is InChI=1S/C15H19NO2S/c1-3-12-16(14-6-4-5-7-14)19(17,18)15-10-8-13(2)9-11-15/h3-4,6,8-11,14H,1,5,7,12H2,2H3. The number of rotatable bonds is 5. The van der Waals surface area contributed by atoms with E-state index in [9.17, 15) is 8.42 Å². The average molecular weight is 277 g/mol. The SMILES string of the molecule is C=CCN(C1C=CCC1)S(=O)(=O)c1ccc(C)cc1. The van der Waals surface area contributed by atoms with Crippen LogP contribution in [-0.4, -0.2) is 25.3 Å². The van der Waals surface area contributed by atoms with Gasteiger partial charge < -0.3 is 0 Å². The second-order valence-electron chi connectivity index (χ2n) is 4.75. The largest absolute Gasteiger partial charge is 0.243 e. The van der Waals surface area contributed by atoms with Crippen LogP contribution in [-0.2, 0) is 10.0 Å². The highest BCUT2D eigenvalue weighted by molar-refractivity contribution is 7.89. The van der Waals surface area contributed by atoms with Crippen molar-refractivity contribution in [3.63, 3.8) is 0 Å². The molecule has 0 saturated heterocycles. The highest BCUT2D eigenvalue weighted by Gasteiger charge is 2.30. The summed E-state index contributed by atoms with van der Waals surface area (Å²) in [5.41, 5.74) is 1.05. The third-order valence-electron chi connectivity index (χ3n) is 3.29. The molecule has 1 aromatic carbocycles. The van der Waals surface area contributed by atoms with Crippen LogP contribution in [0.3, 0.4) is 0 Å². The molecule has 0 spiro atoms. The average Bonchev–Trinajstić information content (AvgIpc) is 2.89. The molecule has 1 aliphatic carbocycles. The first-order chi connectivity index (χ1) is 9.05. The van der Waals surface area contributed by atoms with Crippen LogP contribution >= 0.6 is 0 Å². The molecular weight excluding hydrogens is 258 g/mol. The quantitative estimate of drug-likeness (QED) is 0.776. The molecule has 0 saturated carbocycles. The van der Waals surface area contributed by atoms with Gasteiger partial charge in [-0.25, -0.2) is 8.42 Å². The summed E-state index contributed by atoms with van der Waals surface area (Å²) in [6.07, 6.45) is 7.42. The van der Waals surface area contributed by atoms with Crippen LogP contribution in [0.2, 0.25) is 0 Å². The van der Waals surface area contributed by atoms with E-state index >= 15 is 0 Å². The minimum absolute atomic E-state index is 0.0516. The summed E-state index contributed by atoms with van der Waals surface area (Å²) in [6, 6.07) is 6.93. The highest BCUT2D eigenvalue weighted by atomic mass is 32.2. The van der Waals surface area contributed by atoms with Gasteiger partial charge in [0, 0.05) is 12.6 Å². The number of allylic oxidation sites excluding steroid dienone is 1. The van der Waals surface area contributed by atoms with Crippen molar-refractivity contribution >= 4 is 10.0 Å². The van der Waals surface area contributed by atoms with Crippen LogP contribution in [0, 0.1) is 6.92 Å². The summed E-state index contributed by atoms with van der Waals surface area (Å²) in [7, 11) is -3.45. The van der Waals surface area contributed by atoms with Crippen LogP contribution in [0.15, 0.2) is 54.0 Å². The molecule has 0 aromatic heterocycles. The minimum atomic E-state index is -3.45. The van der Waals surface area contributed by atoms with Gasteiger partial charge in [-0.1, -0.05) is 35.9 Å². The first kappa shape index (κ1) is 14.0. The number of sulfonamides is 1. The molecule has 0 fully saturated rings. The maximum absolute atomic E-state index is 12.7. The Balaban J connectivity index is 2.36. The number of benzene rings is 1. The summed E-state index contributed by atoms with van der Waals surface area (Å²) >= 11 is 0. The predicted molar refractivity (Wildman–Crippen MR) is 77.4 cm³/mol. The first-order valence-corrected chi connectivity index (χ1v) is 7.86. The summed E-state index contributed by atoms with van der Waals surface area (Å²) in [5, 5.41) is 0. The van der Waals surface area contributed by atoms with E-state index in [0.717, 1.165) is 18.4 Å². The minimum Gasteiger partial charge on any atom is -0.207 e. The van der Waals surface area contributed by atoms with Crippen molar-refractivity contribution in [2.75, 3.05) is 6.54 Å². The Morgan fingerprint density at radius 2 is 2.05 bits per heavy atom. The Morgan fingerprint density at radius 1 is 1.37 bits per heavy atom. The van der Waals surface area contributed by atoms with E-state index in [0.29, 0.717) is 11.4 Å². The highest BCUT2D eigenvalue weighted by Crippen LogP contribution is 2.24. The zero-order valence-electron chi connectivity index (χ0n) is 11.1. The van der Waals surface area contributed by atoms with E-state index in [4.69, 9.17) is 0 Å². The Kier molecular flexibility index (Phi) is 4.22. The van der Waals surface area contributed by atoms with Crippen molar-refractivity contribution in [2.45, 2.75) is 30.7 Å². The number of hydrogen-bond donors (Lipinski definition) is 0. The molecule has 0 heterocycles. The molecule has 0 bridgehead atoms. The molecule has 0 amide bonds. The van der Waals surface area contributed by atoms with E-state index in [1.165, 1.54) is 4.31 Å². The third-order valence-corrected chi connectivity index (χ3v) is 5.20. The lowest BCUT2D eigenvalue weighted by molar-refractivity contribution is 0.386. The molecule has 1 unspecified atom stereocenters. The van der Waals surface area contributed by atoms with Gasteiger partial charge in [0.1, 0.15) is 0 Å². The molecule has 0 N–H and O–H groups in total. The van der Waals surface area contributed by atoms with Crippen molar-refractivity contribution in [3.8, 4) is 0 Å². The van der Waals surface area contributed by atoms with Crippen molar-refractivity contribution in [3.05, 3.63) is 54.6 Å². The zero-order valence-corrected chi connectivity index (χ0v) is 11.9. The molecule has 102 valence electrons. The van der Waals surface area contributed by atoms with Crippen molar-refractivity contribution < 1.29 is 8.42 Å². The van der Waals surface area contributed by atoms with Gasteiger partial charge in [0.15, 0.2) is 0 Å². The van der Waals surface area contributed by atoms with E-state index < -0.39 is 10.0 Å². The summed E-state index contributed by atoms with van der Waals surface area (Å²) < 4.78 is 26.9. The molecular formula is C15H19NO2S. The Morgan fingerprint density at radius 3 is 2.58 bits per heavy atom. The molecule has 3 nitrogen and oxygen atoms in total. The fourth-order valence-electron chi connectivity index (χ4n) is 2.24. The molecule has 4 heteroatoms. The second kappa shape index (κ2) is 5.72. The Hall–Kier alpha value is -1.39. The van der Waals surface area contributed by atoms with Gasteiger partial charge >= 0.3 is 0 Å². The summed E-state index contributed by atoms with van der Waals surface area (Å²) in [5.74, 6) is 0. The Labute approximate surface area is 115 Å². The monoisotopic (exact) mass is 277 g/mol. The Bertz CT molecular complexity index is 573. The maximum Gasteiger partial charge on any atom is 0.243 e. The van der Waals surface area contributed by atoms with Gasteiger partial charge in [0.05, 0.1) is 4.90 Å². The summed E-state index contributed by atoms with van der Waals surface area (Å²) in [4.78, 5) is 0.347. The van der Waals surface area contributed by atoms with Gasteiger partial charge in [-0.15, -0.1) is 6.58 Å². The smallest absolute Gasteiger partial charge is 0.207 e. The maximum atomic E-state index is 12.7. The van der Waals surface area contributed by atoms with Gasteiger partial charge in [-0.05, 0) is 31.9 Å². The number of hydrogen-bond acceptors (Lipinski definition) is 2. The number of nitrogens with zero attached hydrogens (tertiary/aromatic N) is 1. The molecule has 19 heavy (non-hydrogen) atoms. The second-order valence-corrected chi connectivity index (χ2v) is 6.64. The van der Waals surface area contributed by atoms with E-state index in [1.807, 2.05) is 31.2 Å². The molecule has 0 aliphatic heterocycles. The van der Waals surface area contributed by atoms with Crippen molar-refractivity contribution in [1.82, 2.24) is 4.31 Å². The van der Waals surface area contributed by atoms with E-state index in [1.54, 1.807) is 18.2 Å². The first-order valence-electron chi connectivity index (χ1n) is 6.42. The fourth-order valence-corrected chi connectivity index (χ4v) is 3.83. The van der Waals surface area contributed by atoms with Gasteiger partial charge in [-0.3, -0.25) is 0 Å². The molecule has 1 atom stereocenters. The number of aryl methyl sites for hydroxylation is 1. The van der Waals surface area contributed by atoms with Crippen LogP contribution in [0.1, 0.15) is 18.4 Å². The van der Waals surface area contributed by atoms with Crippen LogP contribution < -0.4 is 0 Å². The van der Waals surface area contributed by atoms with Gasteiger partial charge in [0.25, 0.3) is 0 Å². The lowest BCUT2D eigenvalue weighted by Gasteiger charge is -2.26. The van der Waals surface area contributed by atoms with Crippen LogP contribution in [0.4, 0.5) is 0 Å². The lowest BCUT2D eigenvalue weighted by Crippen LogP contribution is -2.38. The molecule has 0 radical (unpaired) electrons. The summed E-state index contributed by atoms with van der Waals surface area (Å²) in [6.45, 7) is 5.94. The fraction of sp³-hybridized carbons (Fsp3) is 0.333. The molecule has 1 aliphatic rings. The topological polar surface area (TPSA) is 37.4 Å². The predicted octanol–water partition coefficient (Wildman–Crippen LogP) is 2.89. The van der Waals surface area contributed by atoms with E-state index in [-0.39, 0.29) is 6.04 Å². The molecule has 1 aromatic rings. The van der Waals surface area contributed by atoms with Crippen molar-refractivity contribution in [2.24, 2.45) is 0 Å². The molecule has 2 rings (SSSR count). The van der Waals surface area contributed by atoms with Crippen LogP contribution in [0.25, 0.3) is 0 Å². The third kappa shape index (κ3) is 2.96. The van der Waals surface area contributed by atoms with E-state index in [2.05, 4.69) is 6.58 Å². The normalized spacial score (nSPS) is 18.9. The van der Waals surface area contributed by atoms with Gasteiger partial charge in [-0.2, -0.15) is 4.31 Å². The zero-order chi connectivity index (χ0) is 13.9. The van der Waals surface area contributed by atoms with Crippen LogP contribution in [0.5, 0.6) is 0 Å². The van der Waals surface area contributed by atoms with Crippen molar-refractivity contribution in [1.29, 1.82) is 0 Å².